The third-order valence-corrected chi connectivity index (χ3v) is 3.96. The molecule has 1 aliphatic rings. The second-order valence-corrected chi connectivity index (χ2v) is 5.70. The van der Waals surface area contributed by atoms with Crippen molar-refractivity contribution >= 4 is 34.8 Å². The molecule has 0 aliphatic carbocycles. The van der Waals surface area contributed by atoms with E-state index in [1.54, 1.807) is 6.07 Å². The molecule has 1 amide bonds. The van der Waals surface area contributed by atoms with Crippen molar-refractivity contribution in [2.24, 2.45) is 0 Å². The van der Waals surface area contributed by atoms with Gasteiger partial charge in [0.1, 0.15) is 0 Å². The number of aromatic nitrogens is 3. The summed E-state index contributed by atoms with van der Waals surface area (Å²) >= 11 is 12.1. The number of hydrogen-bond acceptors (Lipinski definition) is 4. The molecule has 6 nitrogen and oxygen atoms in total. The van der Waals surface area contributed by atoms with E-state index in [2.05, 4.69) is 25.6 Å². The highest BCUT2D eigenvalue weighted by molar-refractivity contribution is 6.36. The molecule has 110 valence electrons. The quantitative estimate of drug-likeness (QED) is 0.906. The van der Waals surface area contributed by atoms with Crippen molar-refractivity contribution in [1.29, 1.82) is 0 Å². The van der Waals surface area contributed by atoms with E-state index in [1.165, 1.54) is 6.20 Å². The Labute approximate surface area is 131 Å². The zero-order valence-electron chi connectivity index (χ0n) is 11.0. The van der Waals surface area contributed by atoms with Crippen LogP contribution in [0.25, 0.3) is 0 Å². The molecule has 0 bridgehead atoms. The number of aromatic amines is 1. The van der Waals surface area contributed by atoms with Gasteiger partial charge < -0.3 is 10.2 Å². The molecule has 1 saturated heterocycles. The van der Waals surface area contributed by atoms with Crippen LogP contribution in [0.3, 0.4) is 0 Å². The van der Waals surface area contributed by atoms with Gasteiger partial charge in [0, 0.05) is 24.2 Å². The lowest BCUT2D eigenvalue weighted by atomic mass is 10.2. The first-order valence-electron chi connectivity index (χ1n) is 6.50. The van der Waals surface area contributed by atoms with E-state index < -0.39 is 0 Å². The SMILES string of the molecule is O=C(N[C@@H]1CCN(c2ccc(Cl)cc2Cl)C1)c1cn[nH]n1. The standard InChI is InChI=1S/C13H13Cl2N5O/c14-8-1-2-12(10(15)5-8)20-4-3-9(7-20)17-13(21)11-6-16-19-18-11/h1-2,5-6,9H,3-4,7H2,(H,17,21)(H,16,18,19)/t9-/m1/s1. The van der Waals surface area contributed by atoms with E-state index in [0.717, 1.165) is 18.7 Å². The van der Waals surface area contributed by atoms with Gasteiger partial charge in [0.15, 0.2) is 5.69 Å². The summed E-state index contributed by atoms with van der Waals surface area (Å²) in [6.07, 6.45) is 2.25. The van der Waals surface area contributed by atoms with Crippen LogP contribution < -0.4 is 10.2 Å². The second-order valence-electron chi connectivity index (χ2n) is 4.86. The number of anilines is 1. The molecule has 2 heterocycles. The number of benzene rings is 1. The third kappa shape index (κ3) is 3.11. The zero-order valence-corrected chi connectivity index (χ0v) is 12.5. The molecule has 2 aromatic rings. The first-order chi connectivity index (χ1) is 10.1. The predicted molar refractivity (Wildman–Crippen MR) is 80.9 cm³/mol. The summed E-state index contributed by atoms with van der Waals surface area (Å²) in [7, 11) is 0. The number of hydrogen-bond donors (Lipinski definition) is 2. The van der Waals surface area contributed by atoms with Gasteiger partial charge in [-0.25, -0.2) is 0 Å². The summed E-state index contributed by atoms with van der Waals surface area (Å²) in [6, 6.07) is 5.48. The second kappa shape index (κ2) is 5.91. The monoisotopic (exact) mass is 325 g/mol. The topological polar surface area (TPSA) is 73.9 Å². The maximum absolute atomic E-state index is 11.9. The number of nitrogens with zero attached hydrogens (tertiary/aromatic N) is 3. The highest BCUT2D eigenvalue weighted by Gasteiger charge is 2.26. The van der Waals surface area contributed by atoms with Crippen LogP contribution in [0.4, 0.5) is 5.69 Å². The van der Waals surface area contributed by atoms with Gasteiger partial charge in [-0.1, -0.05) is 23.2 Å². The molecule has 0 saturated carbocycles. The van der Waals surface area contributed by atoms with Gasteiger partial charge in [0.25, 0.3) is 5.91 Å². The fourth-order valence-electron chi connectivity index (χ4n) is 2.40. The van der Waals surface area contributed by atoms with E-state index in [-0.39, 0.29) is 17.6 Å². The first-order valence-corrected chi connectivity index (χ1v) is 7.25. The summed E-state index contributed by atoms with van der Waals surface area (Å²) < 4.78 is 0. The lowest BCUT2D eigenvalue weighted by molar-refractivity contribution is 0.0935. The lowest BCUT2D eigenvalue weighted by Crippen LogP contribution is -2.37. The highest BCUT2D eigenvalue weighted by atomic mass is 35.5. The van der Waals surface area contributed by atoms with Crippen LogP contribution in [0.1, 0.15) is 16.9 Å². The summed E-state index contributed by atoms with van der Waals surface area (Å²) in [6.45, 7) is 1.52. The molecular weight excluding hydrogens is 313 g/mol. The molecule has 1 aromatic carbocycles. The molecule has 1 fully saturated rings. The van der Waals surface area contributed by atoms with Crippen LogP contribution in [-0.4, -0.2) is 40.4 Å². The van der Waals surface area contributed by atoms with Crippen LogP contribution in [0, 0.1) is 0 Å². The number of halogens is 2. The summed E-state index contributed by atoms with van der Waals surface area (Å²) in [5.41, 5.74) is 1.22. The largest absolute Gasteiger partial charge is 0.368 e. The molecule has 1 aromatic heterocycles. The maximum Gasteiger partial charge on any atom is 0.273 e. The van der Waals surface area contributed by atoms with Gasteiger partial charge in [-0.2, -0.15) is 15.4 Å². The van der Waals surface area contributed by atoms with E-state index in [4.69, 9.17) is 23.2 Å². The number of amides is 1. The van der Waals surface area contributed by atoms with Gasteiger partial charge in [-0.3, -0.25) is 4.79 Å². The number of carbonyl (C=O) groups is 1. The normalized spacial score (nSPS) is 18.0. The van der Waals surface area contributed by atoms with Crippen molar-refractivity contribution < 1.29 is 4.79 Å². The summed E-state index contributed by atoms with van der Waals surface area (Å²) in [5.74, 6) is -0.224. The van der Waals surface area contributed by atoms with Crippen molar-refractivity contribution in [2.75, 3.05) is 18.0 Å². The van der Waals surface area contributed by atoms with Crippen molar-refractivity contribution in [3.63, 3.8) is 0 Å². The average Bonchev–Trinajstić information content (AvgIpc) is 3.09. The molecule has 1 aliphatic heterocycles. The van der Waals surface area contributed by atoms with Gasteiger partial charge in [0.05, 0.1) is 16.9 Å². The van der Waals surface area contributed by atoms with E-state index in [9.17, 15) is 4.79 Å². The Morgan fingerprint density at radius 2 is 2.29 bits per heavy atom. The van der Waals surface area contributed by atoms with Crippen molar-refractivity contribution in [2.45, 2.75) is 12.5 Å². The minimum absolute atomic E-state index is 0.0564. The van der Waals surface area contributed by atoms with Crippen LogP contribution in [0.2, 0.25) is 10.0 Å². The highest BCUT2D eigenvalue weighted by Crippen LogP contribution is 2.31. The fourth-order valence-corrected chi connectivity index (χ4v) is 2.93. The predicted octanol–water partition coefficient (Wildman–Crippen LogP) is 2.12. The van der Waals surface area contributed by atoms with Gasteiger partial charge in [0.2, 0.25) is 0 Å². The Kier molecular flexibility index (Phi) is 3.98. The third-order valence-electron chi connectivity index (χ3n) is 3.42. The Morgan fingerprint density at radius 3 is 3.00 bits per heavy atom. The molecule has 1 atom stereocenters. The van der Waals surface area contributed by atoms with Crippen molar-refractivity contribution in [3.8, 4) is 0 Å². The Bertz CT molecular complexity index is 646. The average molecular weight is 326 g/mol. The summed E-state index contributed by atoms with van der Waals surface area (Å²) in [4.78, 5) is 14.1. The van der Waals surface area contributed by atoms with Crippen LogP contribution in [-0.2, 0) is 0 Å². The molecule has 0 radical (unpaired) electrons. The fraction of sp³-hybridized carbons (Fsp3) is 0.308. The molecular formula is C13H13Cl2N5O. The molecule has 21 heavy (non-hydrogen) atoms. The molecule has 0 unspecified atom stereocenters. The van der Waals surface area contributed by atoms with Gasteiger partial charge >= 0.3 is 0 Å². The van der Waals surface area contributed by atoms with Crippen LogP contribution in [0.5, 0.6) is 0 Å². The zero-order chi connectivity index (χ0) is 14.8. The van der Waals surface area contributed by atoms with Gasteiger partial charge in [-0.05, 0) is 24.6 Å². The minimum Gasteiger partial charge on any atom is -0.368 e. The molecule has 3 rings (SSSR count). The first kappa shape index (κ1) is 14.2. The molecule has 8 heteroatoms. The van der Waals surface area contributed by atoms with Crippen molar-refractivity contribution in [3.05, 3.63) is 40.1 Å². The maximum atomic E-state index is 11.9. The smallest absolute Gasteiger partial charge is 0.273 e. The van der Waals surface area contributed by atoms with Gasteiger partial charge in [-0.15, -0.1) is 0 Å². The number of carbonyl (C=O) groups excluding carboxylic acids is 1. The van der Waals surface area contributed by atoms with Crippen LogP contribution >= 0.6 is 23.2 Å². The van der Waals surface area contributed by atoms with E-state index in [1.807, 2.05) is 12.1 Å². The van der Waals surface area contributed by atoms with E-state index >= 15 is 0 Å². The lowest BCUT2D eigenvalue weighted by Gasteiger charge is -2.20. The van der Waals surface area contributed by atoms with E-state index in [0.29, 0.717) is 16.6 Å². The molecule has 2 N–H and O–H groups in total. The Hall–Kier alpha value is -1.79. The molecule has 0 spiro atoms. The number of rotatable bonds is 3. The number of H-pyrrole nitrogens is 1. The Balaban J connectivity index is 1.64. The van der Waals surface area contributed by atoms with Crippen LogP contribution in [0.15, 0.2) is 24.4 Å². The number of nitrogens with one attached hydrogen (secondary N) is 2. The van der Waals surface area contributed by atoms with Crippen molar-refractivity contribution in [1.82, 2.24) is 20.7 Å². The summed E-state index contributed by atoms with van der Waals surface area (Å²) in [5, 5.41) is 14.0. The Morgan fingerprint density at radius 1 is 1.43 bits per heavy atom. The minimum atomic E-state index is -0.224.